The summed E-state index contributed by atoms with van der Waals surface area (Å²) in [5, 5.41) is 1.97. The number of nitrogens with two attached hydrogens (primary N) is 1. The van der Waals surface area contributed by atoms with Gasteiger partial charge < -0.3 is 10.5 Å². The van der Waals surface area contributed by atoms with Gasteiger partial charge in [0.25, 0.3) is 0 Å². The summed E-state index contributed by atoms with van der Waals surface area (Å²) in [4.78, 5) is 9.58. The Hall–Kier alpha value is -0.980. The summed E-state index contributed by atoms with van der Waals surface area (Å²) in [7, 11) is 1.62. The van der Waals surface area contributed by atoms with Gasteiger partial charge in [-0.1, -0.05) is 0 Å². The molecule has 84 valence electrons. The molecule has 0 saturated carbocycles. The van der Waals surface area contributed by atoms with Crippen molar-refractivity contribution in [3.63, 3.8) is 0 Å². The first-order chi connectivity index (χ1) is 7.70. The molecule has 2 heterocycles. The van der Waals surface area contributed by atoms with Crippen molar-refractivity contribution in [2.45, 2.75) is 6.61 Å². The Balaban J connectivity index is 2.45. The van der Waals surface area contributed by atoms with Crippen molar-refractivity contribution >= 4 is 33.1 Å². The molecule has 0 aromatic carbocycles. The van der Waals surface area contributed by atoms with Gasteiger partial charge >= 0.3 is 0 Å². The molecule has 0 atom stereocenters. The Bertz CT molecular complexity index is 501. The van der Waals surface area contributed by atoms with Crippen molar-refractivity contribution in [1.29, 1.82) is 0 Å². The Morgan fingerprint density at radius 2 is 2.31 bits per heavy atom. The highest BCUT2D eigenvalue weighted by molar-refractivity contribution is 9.10. The fraction of sp³-hybridized carbons (Fsp3) is 0.200. The van der Waals surface area contributed by atoms with Crippen LogP contribution in [-0.2, 0) is 11.3 Å². The third kappa shape index (κ3) is 2.40. The molecule has 6 heteroatoms. The van der Waals surface area contributed by atoms with Crippen molar-refractivity contribution in [3.05, 3.63) is 27.7 Å². The summed E-state index contributed by atoms with van der Waals surface area (Å²) >= 11 is 5.02. The number of thiophene rings is 1. The van der Waals surface area contributed by atoms with Crippen LogP contribution >= 0.6 is 27.3 Å². The lowest BCUT2D eigenvalue weighted by Gasteiger charge is -2.04. The lowest BCUT2D eigenvalue weighted by molar-refractivity contribution is 0.181. The number of nitrogens with zero attached hydrogens (tertiary/aromatic N) is 2. The van der Waals surface area contributed by atoms with Gasteiger partial charge in [0.05, 0.1) is 17.2 Å². The fourth-order valence-corrected chi connectivity index (χ4v) is 2.78. The van der Waals surface area contributed by atoms with E-state index in [9.17, 15) is 0 Å². The predicted octanol–water partition coefficient (Wildman–Crippen LogP) is 2.70. The van der Waals surface area contributed by atoms with Crippen LogP contribution in [0.15, 0.2) is 22.0 Å². The minimum atomic E-state index is 0.433. The van der Waals surface area contributed by atoms with E-state index in [2.05, 4.69) is 25.9 Å². The quantitative estimate of drug-likeness (QED) is 0.946. The van der Waals surface area contributed by atoms with Crippen molar-refractivity contribution in [3.8, 4) is 10.7 Å². The monoisotopic (exact) mass is 299 g/mol. The first-order valence-corrected chi connectivity index (χ1v) is 6.23. The zero-order valence-corrected chi connectivity index (χ0v) is 11.0. The third-order valence-corrected chi connectivity index (χ3v) is 3.75. The van der Waals surface area contributed by atoms with E-state index in [1.807, 2.05) is 11.4 Å². The summed E-state index contributed by atoms with van der Waals surface area (Å²) in [6.45, 7) is 0.433. The average molecular weight is 300 g/mol. The lowest BCUT2D eigenvalue weighted by Crippen LogP contribution is -2.00. The minimum absolute atomic E-state index is 0.433. The van der Waals surface area contributed by atoms with Crippen molar-refractivity contribution < 1.29 is 4.74 Å². The Morgan fingerprint density at radius 3 is 2.94 bits per heavy atom. The highest BCUT2D eigenvalue weighted by Crippen LogP contribution is 2.31. The van der Waals surface area contributed by atoms with Crippen LogP contribution in [0.2, 0.25) is 0 Å². The number of halogens is 1. The summed E-state index contributed by atoms with van der Waals surface area (Å²) in [5.74, 6) is 1.09. The molecule has 0 amide bonds. The van der Waals surface area contributed by atoms with Gasteiger partial charge in [0.2, 0.25) is 0 Å². The molecular weight excluding hydrogens is 290 g/mol. The van der Waals surface area contributed by atoms with Crippen LogP contribution in [0, 0.1) is 0 Å². The maximum absolute atomic E-state index is 5.73. The highest BCUT2D eigenvalue weighted by atomic mass is 79.9. The molecule has 0 aliphatic rings. The van der Waals surface area contributed by atoms with Gasteiger partial charge in [-0.3, -0.25) is 0 Å². The first-order valence-electron chi connectivity index (χ1n) is 4.56. The Labute approximate surface area is 106 Å². The van der Waals surface area contributed by atoms with Crippen molar-refractivity contribution in [2.24, 2.45) is 0 Å². The van der Waals surface area contributed by atoms with Crippen molar-refractivity contribution in [1.82, 2.24) is 9.97 Å². The van der Waals surface area contributed by atoms with E-state index in [0.29, 0.717) is 18.2 Å². The molecule has 0 unspecified atom stereocenters. The van der Waals surface area contributed by atoms with Gasteiger partial charge in [0.1, 0.15) is 5.82 Å². The molecule has 0 aliphatic heterocycles. The smallest absolute Gasteiger partial charge is 0.173 e. The molecule has 0 bridgehead atoms. The molecule has 4 nitrogen and oxygen atoms in total. The molecule has 2 aromatic heterocycles. The average Bonchev–Trinajstić information content (AvgIpc) is 2.64. The standard InChI is InChI=1S/C10H10BrN3OS/c1-15-5-6-4-8(12)14-10(13-6)9-7(11)2-3-16-9/h2-4H,5H2,1H3,(H2,12,13,14). The van der Waals surface area contributed by atoms with Crippen LogP contribution < -0.4 is 5.73 Å². The van der Waals surface area contributed by atoms with Gasteiger partial charge in [-0.15, -0.1) is 11.3 Å². The zero-order chi connectivity index (χ0) is 11.5. The first kappa shape index (κ1) is 11.5. The number of hydrogen-bond donors (Lipinski definition) is 1. The number of methoxy groups -OCH3 is 1. The molecule has 2 N–H and O–H groups in total. The molecule has 16 heavy (non-hydrogen) atoms. The van der Waals surface area contributed by atoms with E-state index < -0.39 is 0 Å². The topological polar surface area (TPSA) is 61.0 Å². The van der Waals surface area contributed by atoms with Crippen LogP contribution in [-0.4, -0.2) is 17.1 Å². The highest BCUT2D eigenvalue weighted by Gasteiger charge is 2.10. The van der Waals surface area contributed by atoms with E-state index in [0.717, 1.165) is 15.0 Å². The number of aromatic nitrogens is 2. The van der Waals surface area contributed by atoms with Crippen LogP contribution in [0.3, 0.4) is 0 Å². The summed E-state index contributed by atoms with van der Waals surface area (Å²) < 4.78 is 6.01. The minimum Gasteiger partial charge on any atom is -0.384 e. The number of rotatable bonds is 3. The summed E-state index contributed by atoms with van der Waals surface area (Å²) in [5.41, 5.74) is 6.51. The Morgan fingerprint density at radius 1 is 1.50 bits per heavy atom. The molecule has 2 rings (SSSR count). The molecular formula is C10H10BrN3OS. The van der Waals surface area contributed by atoms with Gasteiger partial charge in [0.15, 0.2) is 5.82 Å². The zero-order valence-electron chi connectivity index (χ0n) is 8.61. The molecule has 0 fully saturated rings. The van der Waals surface area contributed by atoms with E-state index in [1.54, 1.807) is 24.5 Å². The second kappa shape index (κ2) is 4.90. The molecule has 0 saturated heterocycles. The second-order valence-electron chi connectivity index (χ2n) is 3.14. The Kier molecular flexibility index (Phi) is 3.52. The third-order valence-electron chi connectivity index (χ3n) is 1.91. The maximum Gasteiger partial charge on any atom is 0.173 e. The molecule has 2 aromatic rings. The summed E-state index contributed by atoms with van der Waals surface area (Å²) in [6.07, 6.45) is 0. The molecule has 0 aliphatic carbocycles. The van der Waals surface area contributed by atoms with Gasteiger partial charge in [0, 0.05) is 17.6 Å². The number of nitrogen functional groups attached to an aromatic ring is 1. The second-order valence-corrected chi connectivity index (χ2v) is 4.91. The van der Waals surface area contributed by atoms with Crippen LogP contribution in [0.25, 0.3) is 10.7 Å². The SMILES string of the molecule is COCc1cc(N)nc(-c2sccc2Br)n1. The number of hydrogen-bond acceptors (Lipinski definition) is 5. The van der Waals surface area contributed by atoms with Crippen LogP contribution in [0.4, 0.5) is 5.82 Å². The van der Waals surface area contributed by atoms with Crippen LogP contribution in [0.1, 0.15) is 5.69 Å². The van der Waals surface area contributed by atoms with Crippen LogP contribution in [0.5, 0.6) is 0 Å². The summed E-state index contributed by atoms with van der Waals surface area (Å²) in [6, 6.07) is 3.68. The van der Waals surface area contributed by atoms with E-state index >= 15 is 0 Å². The maximum atomic E-state index is 5.73. The fourth-order valence-electron chi connectivity index (χ4n) is 1.30. The van der Waals surface area contributed by atoms with Crippen molar-refractivity contribution in [2.75, 3.05) is 12.8 Å². The number of anilines is 1. The lowest BCUT2D eigenvalue weighted by atomic mass is 10.3. The van der Waals surface area contributed by atoms with Gasteiger partial charge in [-0.05, 0) is 27.4 Å². The number of ether oxygens (including phenoxy) is 1. The predicted molar refractivity (Wildman–Crippen MR) is 68.2 cm³/mol. The molecule has 0 spiro atoms. The van der Waals surface area contributed by atoms with E-state index in [4.69, 9.17) is 10.5 Å². The van der Waals surface area contributed by atoms with Gasteiger partial charge in [-0.25, -0.2) is 9.97 Å². The van der Waals surface area contributed by atoms with E-state index in [1.165, 1.54) is 0 Å². The normalized spacial score (nSPS) is 10.6. The largest absolute Gasteiger partial charge is 0.384 e. The van der Waals surface area contributed by atoms with Gasteiger partial charge in [-0.2, -0.15) is 0 Å². The molecule has 0 radical (unpaired) electrons. The van der Waals surface area contributed by atoms with E-state index in [-0.39, 0.29) is 0 Å².